The van der Waals surface area contributed by atoms with Gasteiger partial charge < -0.3 is 0 Å². The second-order valence-electron chi connectivity index (χ2n) is 9.07. The molecule has 0 amide bonds. The standard InChI is InChI=1S/2C15H14S/c1-9-4-5-14-12(6-9)13-7-10(2)11(3)8-15(13)16-14;1-9-4-5-12-13-7-10(2)11(3)8-15(13)16-14(12)6-9/h2*4-8H,1-3H3. The van der Waals surface area contributed by atoms with E-state index in [-0.39, 0.29) is 0 Å². The Balaban J connectivity index is 0.000000135. The summed E-state index contributed by atoms with van der Waals surface area (Å²) in [6.45, 7) is 13.1. The van der Waals surface area contributed by atoms with Crippen molar-refractivity contribution in [2.75, 3.05) is 0 Å². The van der Waals surface area contributed by atoms with Gasteiger partial charge in [-0.3, -0.25) is 0 Å². The molecule has 2 heterocycles. The van der Waals surface area contributed by atoms with Crippen molar-refractivity contribution in [3.63, 3.8) is 0 Å². The van der Waals surface area contributed by atoms with E-state index in [4.69, 9.17) is 0 Å². The Morgan fingerprint density at radius 3 is 1.47 bits per heavy atom. The summed E-state index contributed by atoms with van der Waals surface area (Å²) >= 11 is 3.79. The minimum atomic E-state index is 1.34. The highest BCUT2D eigenvalue weighted by Gasteiger charge is 2.07. The van der Waals surface area contributed by atoms with Crippen molar-refractivity contribution in [1.29, 1.82) is 0 Å². The number of hydrogen-bond donors (Lipinski definition) is 0. The molecule has 0 radical (unpaired) electrons. The van der Waals surface area contributed by atoms with Gasteiger partial charge in [0.15, 0.2) is 0 Å². The van der Waals surface area contributed by atoms with Crippen molar-refractivity contribution < 1.29 is 0 Å². The van der Waals surface area contributed by atoms with Gasteiger partial charge in [-0.2, -0.15) is 0 Å². The molecule has 4 aromatic carbocycles. The molecule has 2 heteroatoms. The lowest BCUT2D eigenvalue weighted by Crippen LogP contribution is -1.78. The van der Waals surface area contributed by atoms with Crippen LogP contribution in [0.1, 0.15) is 33.4 Å². The average molecular weight is 453 g/mol. The van der Waals surface area contributed by atoms with Gasteiger partial charge in [-0.25, -0.2) is 0 Å². The molecule has 0 unspecified atom stereocenters. The predicted octanol–water partition coefficient (Wildman–Crippen LogP) is 9.96. The fourth-order valence-electron chi connectivity index (χ4n) is 4.29. The molecule has 0 nitrogen and oxygen atoms in total. The first kappa shape index (κ1) is 21.2. The van der Waals surface area contributed by atoms with Gasteiger partial charge in [-0.15, -0.1) is 22.7 Å². The zero-order chi connectivity index (χ0) is 22.6. The summed E-state index contributed by atoms with van der Waals surface area (Å²) in [5.41, 5.74) is 8.21. The highest BCUT2D eigenvalue weighted by Crippen LogP contribution is 2.36. The van der Waals surface area contributed by atoms with Gasteiger partial charge in [0.05, 0.1) is 0 Å². The Labute approximate surface area is 198 Å². The summed E-state index contributed by atoms with van der Waals surface area (Å²) in [5.74, 6) is 0. The third kappa shape index (κ3) is 3.72. The van der Waals surface area contributed by atoms with Crippen molar-refractivity contribution in [3.8, 4) is 0 Å². The summed E-state index contributed by atoms with van der Waals surface area (Å²) in [6.07, 6.45) is 0. The fourth-order valence-corrected chi connectivity index (χ4v) is 6.74. The van der Waals surface area contributed by atoms with Crippen LogP contribution in [0.15, 0.2) is 60.7 Å². The van der Waals surface area contributed by atoms with E-state index in [0.717, 1.165) is 0 Å². The van der Waals surface area contributed by atoms with E-state index in [0.29, 0.717) is 0 Å². The summed E-state index contributed by atoms with van der Waals surface area (Å²) in [4.78, 5) is 0. The van der Waals surface area contributed by atoms with Crippen LogP contribution in [0.5, 0.6) is 0 Å². The van der Waals surface area contributed by atoms with Crippen LogP contribution >= 0.6 is 22.7 Å². The van der Waals surface area contributed by atoms with E-state index in [1.54, 1.807) is 0 Å². The molecule has 0 fully saturated rings. The zero-order valence-corrected chi connectivity index (χ0v) is 21.2. The molecule has 0 aliphatic rings. The van der Waals surface area contributed by atoms with Crippen molar-refractivity contribution in [2.24, 2.45) is 0 Å². The minimum Gasteiger partial charge on any atom is -0.135 e. The van der Waals surface area contributed by atoms with Crippen LogP contribution in [-0.4, -0.2) is 0 Å². The van der Waals surface area contributed by atoms with Crippen molar-refractivity contribution in [3.05, 3.63) is 94.0 Å². The molecule has 0 saturated carbocycles. The van der Waals surface area contributed by atoms with E-state index in [2.05, 4.69) is 102 Å². The molecular formula is C30H28S2. The maximum Gasteiger partial charge on any atom is 0.0358 e. The van der Waals surface area contributed by atoms with Crippen LogP contribution in [0.3, 0.4) is 0 Å². The lowest BCUT2D eigenvalue weighted by atomic mass is 10.0. The van der Waals surface area contributed by atoms with Crippen molar-refractivity contribution >= 4 is 63.0 Å². The largest absolute Gasteiger partial charge is 0.135 e. The third-order valence-electron chi connectivity index (χ3n) is 6.48. The van der Waals surface area contributed by atoms with Gasteiger partial charge in [0.25, 0.3) is 0 Å². The SMILES string of the molecule is Cc1ccc2c(c1)sc1cc(C)c(C)cc12.Cc1ccc2sc3cc(C)c(C)cc3c2c1. The first-order valence-electron chi connectivity index (χ1n) is 11.1. The lowest BCUT2D eigenvalue weighted by Gasteiger charge is -1.99. The average Bonchev–Trinajstić information content (AvgIpc) is 3.26. The highest BCUT2D eigenvalue weighted by atomic mass is 32.1. The van der Waals surface area contributed by atoms with Crippen LogP contribution in [0, 0.1) is 41.5 Å². The zero-order valence-electron chi connectivity index (χ0n) is 19.6. The lowest BCUT2D eigenvalue weighted by molar-refractivity contribution is 1.37. The van der Waals surface area contributed by atoms with E-state index in [9.17, 15) is 0 Å². The van der Waals surface area contributed by atoms with Crippen LogP contribution in [0.25, 0.3) is 40.3 Å². The summed E-state index contributed by atoms with van der Waals surface area (Å²) in [5, 5.41) is 5.62. The molecule has 0 N–H and O–H groups in total. The topological polar surface area (TPSA) is 0 Å². The van der Waals surface area contributed by atoms with Gasteiger partial charge in [0, 0.05) is 40.3 Å². The van der Waals surface area contributed by atoms with E-state index < -0.39 is 0 Å². The summed E-state index contributed by atoms with van der Waals surface area (Å²) in [7, 11) is 0. The van der Waals surface area contributed by atoms with Crippen LogP contribution in [-0.2, 0) is 0 Å². The van der Waals surface area contributed by atoms with E-state index in [1.165, 1.54) is 73.7 Å². The number of benzene rings is 4. The number of hydrogen-bond acceptors (Lipinski definition) is 2. The molecule has 0 spiro atoms. The van der Waals surface area contributed by atoms with Gasteiger partial charge in [0.1, 0.15) is 0 Å². The Hall–Kier alpha value is -2.68. The predicted molar refractivity (Wildman–Crippen MR) is 147 cm³/mol. The second-order valence-corrected chi connectivity index (χ2v) is 11.2. The van der Waals surface area contributed by atoms with Crippen LogP contribution in [0.4, 0.5) is 0 Å². The van der Waals surface area contributed by atoms with Gasteiger partial charge >= 0.3 is 0 Å². The van der Waals surface area contributed by atoms with Crippen molar-refractivity contribution in [2.45, 2.75) is 41.5 Å². The van der Waals surface area contributed by atoms with Crippen LogP contribution in [0.2, 0.25) is 0 Å². The highest BCUT2D eigenvalue weighted by molar-refractivity contribution is 7.26. The second kappa shape index (κ2) is 8.03. The smallest absolute Gasteiger partial charge is 0.0358 e. The molecule has 6 aromatic rings. The Morgan fingerprint density at radius 2 is 0.812 bits per heavy atom. The molecule has 0 aliphatic carbocycles. The number of rotatable bonds is 0. The van der Waals surface area contributed by atoms with Gasteiger partial charge in [-0.1, -0.05) is 23.8 Å². The Bertz CT molecular complexity index is 1620. The maximum atomic E-state index is 2.32. The molecule has 0 saturated heterocycles. The number of thiophene rings is 2. The summed E-state index contributed by atoms with van der Waals surface area (Å²) < 4.78 is 5.61. The first-order valence-corrected chi connectivity index (χ1v) is 12.7. The molecule has 32 heavy (non-hydrogen) atoms. The molecule has 2 aromatic heterocycles. The normalized spacial score (nSPS) is 11.4. The van der Waals surface area contributed by atoms with Crippen LogP contribution < -0.4 is 0 Å². The summed E-state index contributed by atoms with van der Waals surface area (Å²) in [6, 6.07) is 22.7. The van der Waals surface area contributed by atoms with Crippen molar-refractivity contribution in [1.82, 2.24) is 0 Å². The number of aryl methyl sites for hydroxylation is 6. The van der Waals surface area contributed by atoms with Gasteiger partial charge in [-0.05, 0) is 112 Å². The molecule has 160 valence electrons. The van der Waals surface area contributed by atoms with E-state index >= 15 is 0 Å². The molecular weight excluding hydrogens is 424 g/mol. The van der Waals surface area contributed by atoms with Gasteiger partial charge in [0.2, 0.25) is 0 Å². The van der Waals surface area contributed by atoms with E-state index in [1.807, 2.05) is 22.7 Å². The minimum absolute atomic E-state index is 1.34. The molecule has 0 atom stereocenters. The molecule has 6 rings (SSSR count). The first-order chi connectivity index (χ1) is 15.3. The molecule has 0 bridgehead atoms. The maximum absolute atomic E-state index is 2.32. The quantitative estimate of drug-likeness (QED) is 0.215. The Morgan fingerprint density at radius 1 is 0.375 bits per heavy atom. The third-order valence-corrected chi connectivity index (χ3v) is 8.73. The Kier molecular flexibility index (Phi) is 5.31. The fraction of sp³-hybridized carbons (Fsp3) is 0.200. The molecule has 0 aliphatic heterocycles. The monoisotopic (exact) mass is 452 g/mol. The number of fused-ring (bicyclic) bond motifs is 6.